The fourth-order valence-electron chi connectivity index (χ4n) is 2.77. The minimum absolute atomic E-state index is 0.192. The van der Waals surface area contributed by atoms with Gasteiger partial charge in [-0.3, -0.25) is 14.5 Å². The Bertz CT molecular complexity index is 637. The lowest BCUT2D eigenvalue weighted by Crippen LogP contribution is -2.56. The molecule has 1 amide bonds. The number of rotatable bonds is 6. The van der Waals surface area contributed by atoms with Crippen molar-refractivity contribution in [2.75, 3.05) is 33.9 Å². The third-order valence-electron chi connectivity index (χ3n) is 4.13. The van der Waals surface area contributed by atoms with Gasteiger partial charge in [-0.05, 0) is 13.0 Å². The van der Waals surface area contributed by atoms with Gasteiger partial charge in [0, 0.05) is 31.3 Å². The number of aliphatic carboxylic acids is 1. The third-order valence-corrected chi connectivity index (χ3v) is 4.42. The monoisotopic (exact) mass is 356 g/mol. The molecule has 1 atom stereocenters. The van der Waals surface area contributed by atoms with E-state index in [0.717, 1.165) is 5.56 Å². The van der Waals surface area contributed by atoms with Crippen LogP contribution in [0, 0.1) is 0 Å². The summed E-state index contributed by atoms with van der Waals surface area (Å²) in [7, 11) is 3.09. The van der Waals surface area contributed by atoms with Crippen molar-refractivity contribution < 1.29 is 24.2 Å². The molecule has 7 nitrogen and oxygen atoms in total. The zero-order chi connectivity index (χ0) is 17.9. The molecule has 132 valence electrons. The summed E-state index contributed by atoms with van der Waals surface area (Å²) in [6, 6.07) is 3.06. The van der Waals surface area contributed by atoms with Crippen LogP contribution in [0.25, 0.3) is 0 Å². The third kappa shape index (κ3) is 3.91. The maximum Gasteiger partial charge on any atom is 0.323 e. The van der Waals surface area contributed by atoms with Crippen molar-refractivity contribution in [2.24, 2.45) is 0 Å². The van der Waals surface area contributed by atoms with Gasteiger partial charge in [0.25, 0.3) is 0 Å². The number of carbonyl (C=O) groups excluding carboxylic acids is 1. The highest BCUT2D eigenvalue weighted by Crippen LogP contribution is 2.33. The summed E-state index contributed by atoms with van der Waals surface area (Å²) in [5.74, 6) is -0.0497. The molecule has 24 heavy (non-hydrogen) atoms. The summed E-state index contributed by atoms with van der Waals surface area (Å²) < 4.78 is 10.6. The Balaban J connectivity index is 2.16. The summed E-state index contributed by atoms with van der Waals surface area (Å²) in [6.45, 7) is 2.93. The van der Waals surface area contributed by atoms with Crippen LogP contribution in [0.5, 0.6) is 11.5 Å². The predicted octanol–water partition coefficient (Wildman–Crippen LogP) is 1.47. The number of halogens is 1. The number of carboxylic acids is 1. The molecule has 0 saturated carbocycles. The van der Waals surface area contributed by atoms with Crippen molar-refractivity contribution in [3.63, 3.8) is 0 Å². The Hall–Kier alpha value is -1.99. The van der Waals surface area contributed by atoms with E-state index in [1.54, 1.807) is 26.2 Å². The molecule has 1 fully saturated rings. The lowest BCUT2D eigenvalue weighted by molar-refractivity contribution is -0.150. The van der Waals surface area contributed by atoms with Gasteiger partial charge in [-0.2, -0.15) is 0 Å². The SMILES string of the molecule is COc1cc(OC)c(CN2CCN(CC(=O)O)C(=O)C2C)cc1Cl. The molecule has 1 aliphatic heterocycles. The molecule has 1 aliphatic rings. The number of piperazine rings is 1. The minimum atomic E-state index is -1.01. The maximum absolute atomic E-state index is 12.3. The van der Waals surface area contributed by atoms with Crippen LogP contribution in [0.4, 0.5) is 0 Å². The van der Waals surface area contributed by atoms with Gasteiger partial charge in [-0.15, -0.1) is 0 Å². The average Bonchev–Trinajstić information content (AvgIpc) is 2.54. The molecule has 0 spiro atoms. The number of hydrogen-bond acceptors (Lipinski definition) is 5. The number of carboxylic acid groups (broad SMARTS) is 1. The molecule has 8 heteroatoms. The first-order valence-electron chi connectivity index (χ1n) is 7.52. The summed E-state index contributed by atoms with van der Waals surface area (Å²) >= 11 is 6.18. The normalized spacial score (nSPS) is 18.6. The van der Waals surface area contributed by atoms with Crippen LogP contribution in [-0.4, -0.2) is 66.7 Å². The molecular formula is C16H21ClN2O5. The molecule has 1 aromatic rings. The van der Waals surface area contributed by atoms with Crippen molar-refractivity contribution >= 4 is 23.5 Å². The number of amides is 1. The van der Waals surface area contributed by atoms with Crippen LogP contribution in [0.1, 0.15) is 12.5 Å². The van der Waals surface area contributed by atoms with E-state index in [4.69, 9.17) is 26.2 Å². The first-order valence-corrected chi connectivity index (χ1v) is 7.90. The van der Waals surface area contributed by atoms with Gasteiger partial charge >= 0.3 is 5.97 Å². The fraction of sp³-hybridized carbons (Fsp3) is 0.500. The second-order valence-corrected chi connectivity index (χ2v) is 6.01. The van der Waals surface area contributed by atoms with E-state index < -0.39 is 12.0 Å². The fourth-order valence-corrected chi connectivity index (χ4v) is 3.04. The van der Waals surface area contributed by atoms with Crippen molar-refractivity contribution in [1.82, 2.24) is 9.80 Å². The van der Waals surface area contributed by atoms with Crippen LogP contribution < -0.4 is 9.47 Å². The molecule has 1 unspecified atom stereocenters. The Morgan fingerprint density at radius 3 is 2.54 bits per heavy atom. The van der Waals surface area contributed by atoms with Crippen LogP contribution >= 0.6 is 11.6 Å². The molecule has 2 rings (SSSR count). The van der Waals surface area contributed by atoms with Gasteiger partial charge < -0.3 is 19.5 Å². The smallest absolute Gasteiger partial charge is 0.323 e. The average molecular weight is 357 g/mol. The van der Waals surface area contributed by atoms with Crippen molar-refractivity contribution in [3.05, 3.63) is 22.7 Å². The lowest BCUT2D eigenvalue weighted by atomic mass is 10.1. The first kappa shape index (κ1) is 18.4. The first-order chi connectivity index (χ1) is 11.4. The highest BCUT2D eigenvalue weighted by atomic mass is 35.5. The number of carbonyl (C=O) groups is 2. The molecule has 1 N–H and O–H groups in total. The number of methoxy groups -OCH3 is 2. The molecule has 1 saturated heterocycles. The van der Waals surface area contributed by atoms with E-state index in [2.05, 4.69) is 0 Å². The van der Waals surface area contributed by atoms with E-state index >= 15 is 0 Å². The Morgan fingerprint density at radius 1 is 1.29 bits per heavy atom. The van der Waals surface area contributed by atoms with Gasteiger partial charge in [-0.25, -0.2) is 0 Å². The molecule has 1 aromatic carbocycles. The van der Waals surface area contributed by atoms with Crippen LogP contribution in [0.15, 0.2) is 12.1 Å². The summed E-state index contributed by atoms with van der Waals surface area (Å²) in [5, 5.41) is 9.34. The number of ether oxygens (including phenoxy) is 2. The predicted molar refractivity (Wildman–Crippen MR) is 88.6 cm³/mol. The summed E-state index contributed by atoms with van der Waals surface area (Å²) in [6.07, 6.45) is 0. The van der Waals surface area contributed by atoms with Crippen molar-refractivity contribution in [2.45, 2.75) is 19.5 Å². The molecule has 0 radical (unpaired) electrons. The van der Waals surface area contributed by atoms with E-state index in [-0.39, 0.29) is 12.5 Å². The molecule has 0 bridgehead atoms. The standard InChI is InChI=1S/C16H21ClN2O5/c1-10-16(22)19(9-15(20)21)5-4-18(10)8-11-6-12(17)14(24-3)7-13(11)23-2/h6-7,10H,4-5,8-9H2,1-3H3,(H,20,21). The molecular weight excluding hydrogens is 336 g/mol. The summed E-state index contributed by atoms with van der Waals surface area (Å²) in [5.41, 5.74) is 0.842. The van der Waals surface area contributed by atoms with Gasteiger partial charge in [0.05, 0.1) is 25.3 Å². The number of hydrogen-bond donors (Lipinski definition) is 1. The van der Waals surface area contributed by atoms with E-state index in [0.29, 0.717) is 36.2 Å². The second kappa shape index (κ2) is 7.72. The van der Waals surface area contributed by atoms with E-state index in [1.807, 2.05) is 4.90 Å². The second-order valence-electron chi connectivity index (χ2n) is 5.60. The Morgan fingerprint density at radius 2 is 1.96 bits per heavy atom. The van der Waals surface area contributed by atoms with E-state index in [1.165, 1.54) is 12.0 Å². The van der Waals surface area contributed by atoms with Gasteiger partial charge in [0.2, 0.25) is 5.91 Å². The highest BCUT2D eigenvalue weighted by Gasteiger charge is 2.32. The lowest BCUT2D eigenvalue weighted by Gasteiger charge is -2.38. The molecule has 0 aromatic heterocycles. The zero-order valence-corrected chi connectivity index (χ0v) is 14.7. The van der Waals surface area contributed by atoms with Gasteiger partial charge in [-0.1, -0.05) is 11.6 Å². The van der Waals surface area contributed by atoms with Crippen molar-refractivity contribution in [1.29, 1.82) is 0 Å². The van der Waals surface area contributed by atoms with Gasteiger partial charge in [0.1, 0.15) is 18.0 Å². The van der Waals surface area contributed by atoms with Crippen LogP contribution in [0.2, 0.25) is 5.02 Å². The van der Waals surface area contributed by atoms with Crippen LogP contribution in [0.3, 0.4) is 0 Å². The topological polar surface area (TPSA) is 79.3 Å². The Labute approximate surface area is 145 Å². The zero-order valence-electron chi connectivity index (χ0n) is 13.9. The van der Waals surface area contributed by atoms with E-state index in [9.17, 15) is 9.59 Å². The number of benzene rings is 1. The minimum Gasteiger partial charge on any atom is -0.496 e. The Kier molecular flexibility index (Phi) is 5.90. The quantitative estimate of drug-likeness (QED) is 0.831. The van der Waals surface area contributed by atoms with Crippen LogP contribution in [-0.2, 0) is 16.1 Å². The maximum atomic E-state index is 12.3. The van der Waals surface area contributed by atoms with Crippen molar-refractivity contribution in [3.8, 4) is 11.5 Å². The number of nitrogens with zero attached hydrogens (tertiary/aromatic N) is 2. The largest absolute Gasteiger partial charge is 0.496 e. The summed E-state index contributed by atoms with van der Waals surface area (Å²) in [4.78, 5) is 26.5. The molecule has 1 heterocycles. The molecule has 0 aliphatic carbocycles. The highest BCUT2D eigenvalue weighted by molar-refractivity contribution is 6.32. The van der Waals surface area contributed by atoms with Gasteiger partial charge in [0.15, 0.2) is 0 Å².